The Kier molecular flexibility index (Phi) is 10.7. The van der Waals surface area contributed by atoms with Crippen LogP contribution in [0.2, 0.25) is 0 Å². The minimum atomic E-state index is -0.997. The van der Waals surface area contributed by atoms with Crippen LogP contribution in [-0.4, -0.2) is 81.2 Å². The number of halogens is 1. The van der Waals surface area contributed by atoms with Crippen molar-refractivity contribution in [3.63, 3.8) is 0 Å². The van der Waals surface area contributed by atoms with Crippen molar-refractivity contribution in [2.24, 2.45) is 7.05 Å². The molecule has 9 rings (SSSR count). The monoisotopic (exact) mass is 784 g/mol. The molecule has 3 aliphatic heterocycles. The number of nitrogens with zero attached hydrogens (tertiary/aromatic N) is 4. The Hall–Kier alpha value is -5.38. The molecule has 1 saturated heterocycles. The number of amides is 2. The third kappa shape index (κ3) is 7.12. The Morgan fingerprint density at radius 1 is 0.737 bits per heavy atom. The van der Waals surface area contributed by atoms with E-state index in [1.165, 1.54) is 47.1 Å². The number of ether oxygens (including phenoxy) is 1. The molecule has 2 amide bonds. The first kappa shape index (κ1) is 38.5. The summed E-state index contributed by atoms with van der Waals surface area (Å²) in [7, 11) is 1.86. The van der Waals surface area contributed by atoms with Crippen molar-refractivity contribution in [3.05, 3.63) is 141 Å². The van der Waals surface area contributed by atoms with Crippen molar-refractivity contribution in [2.75, 3.05) is 32.8 Å². The second-order valence-electron chi connectivity index (χ2n) is 16.0. The number of carboxylic acid groups (broad SMARTS) is 1. The molecule has 1 N–H and O–H groups in total. The van der Waals surface area contributed by atoms with Crippen LogP contribution in [0.1, 0.15) is 85.0 Å². The van der Waals surface area contributed by atoms with Crippen molar-refractivity contribution >= 4 is 30.4 Å². The normalized spacial score (nSPS) is 17.5. The molecular weight excluding hydrogens is 736 g/mol. The van der Waals surface area contributed by atoms with Crippen LogP contribution in [0.4, 0.5) is 4.79 Å². The molecule has 0 radical (unpaired) electrons. The lowest BCUT2D eigenvalue weighted by Crippen LogP contribution is -2.51. The molecule has 4 aromatic carbocycles. The molecule has 294 valence electrons. The Morgan fingerprint density at radius 2 is 1.40 bits per heavy atom. The van der Waals surface area contributed by atoms with Crippen molar-refractivity contribution < 1.29 is 24.2 Å². The minimum Gasteiger partial charge on any atom is -0.478 e. The average molecular weight is 785 g/mol. The van der Waals surface area contributed by atoms with E-state index in [4.69, 9.17) is 4.74 Å². The molecule has 0 saturated carbocycles. The predicted molar refractivity (Wildman–Crippen MR) is 223 cm³/mol. The number of carbonyl (C=O) groups excluding carboxylic acids is 2. The number of fused-ring (bicyclic) bond motifs is 5. The van der Waals surface area contributed by atoms with Gasteiger partial charge in [0.2, 0.25) is 0 Å². The van der Waals surface area contributed by atoms with Gasteiger partial charge < -0.3 is 29.1 Å². The van der Waals surface area contributed by atoms with Gasteiger partial charge in [-0.05, 0) is 108 Å². The highest BCUT2D eigenvalue weighted by Gasteiger charge is 2.36. The van der Waals surface area contributed by atoms with Crippen LogP contribution in [0.15, 0.2) is 91.0 Å². The fourth-order valence-corrected chi connectivity index (χ4v) is 9.60. The van der Waals surface area contributed by atoms with Gasteiger partial charge in [-0.3, -0.25) is 4.79 Å². The standard InChI is InChI=1S/C47H48N4O5.ClH/c1-30-40(46(53)54)25-44(48(30)2)41-23-32-18-21-50(47(55)56-29-43-38-16-8-6-14-36(38)37-15-7-9-17-39(37)43)26-34(32)24-42(41)45(52)51-27-33-13-5-4-12-31(33)22-35(51)28-49-19-10-3-11-20-49;/h4-9,12-17,23-25,35,43H,3,10-11,18-22,26-29H2,1-2H3,(H,53,54);1H/t35-;/m0./s1. The number of carbonyl (C=O) groups is 3. The summed E-state index contributed by atoms with van der Waals surface area (Å²) in [5.74, 6) is -1.11. The largest absolute Gasteiger partial charge is 0.478 e. The van der Waals surface area contributed by atoms with Gasteiger partial charge in [-0.15, -0.1) is 12.4 Å². The number of carboxylic acids is 1. The first-order valence-corrected chi connectivity index (χ1v) is 20.0. The number of hydrogen-bond acceptors (Lipinski definition) is 5. The van der Waals surface area contributed by atoms with Crippen molar-refractivity contribution in [1.29, 1.82) is 0 Å². The number of piperidine rings is 1. The summed E-state index contributed by atoms with van der Waals surface area (Å²) in [6.07, 6.45) is 4.59. The summed E-state index contributed by atoms with van der Waals surface area (Å²) in [4.78, 5) is 47.6. The molecular formula is C47H49ClN4O5. The fourth-order valence-electron chi connectivity index (χ4n) is 9.60. The second-order valence-corrected chi connectivity index (χ2v) is 16.0. The van der Waals surface area contributed by atoms with E-state index in [0.717, 1.165) is 48.3 Å². The number of rotatable bonds is 7. The zero-order valence-electron chi connectivity index (χ0n) is 32.6. The first-order chi connectivity index (χ1) is 27.2. The zero-order chi connectivity index (χ0) is 38.5. The van der Waals surface area contributed by atoms with E-state index in [1.807, 2.05) is 52.9 Å². The Morgan fingerprint density at radius 3 is 2.09 bits per heavy atom. The van der Waals surface area contributed by atoms with Crippen molar-refractivity contribution in [1.82, 2.24) is 19.3 Å². The van der Waals surface area contributed by atoms with Crippen LogP contribution < -0.4 is 0 Å². The van der Waals surface area contributed by atoms with Gasteiger partial charge in [0.15, 0.2) is 0 Å². The molecule has 9 nitrogen and oxygen atoms in total. The van der Waals surface area contributed by atoms with Crippen LogP contribution in [0.5, 0.6) is 0 Å². The second kappa shape index (κ2) is 15.9. The van der Waals surface area contributed by atoms with Gasteiger partial charge in [0, 0.05) is 67.7 Å². The van der Waals surface area contributed by atoms with E-state index in [-0.39, 0.29) is 48.5 Å². The first-order valence-electron chi connectivity index (χ1n) is 20.0. The lowest BCUT2D eigenvalue weighted by atomic mass is 9.89. The fraction of sp³-hybridized carbons (Fsp3) is 0.340. The Bertz CT molecular complexity index is 2320. The number of hydrogen-bond donors (Lipinski definition) is 1. The average Bonchev–Trinajstić information content (AvgIpc) is 3.71. The molecule has 0 bridgehead atoms. The maximum absolute atomic E-state index is 15.2. The van der Waals surface area contributed by atoms with E-state index in [0.29, 0.717) is 43.0 Å². The maximum atomic E-state index is 15.2. The molecule has 1 atom stereocenters. The highest BCUT2D eigenvalue weighted by Crippen LogP contribution is 2.45. The molecule has 10 heteroatoms. The lowest BCUT2D eigenvalue weighted by molar-refractivity contribution is 0.0566. The summed E-state index contributed by atoms with van der Waals surface area (Å²) in [6, 6.07) is 30.8. The van der Waals surface area contributed by atoms with Gasteiger partial charge in [0.1, 0.15) is 6.61 Å². The van der Waals surface area contributed by atoms with E-state index in [1.54, 1.807) is 17.9 Å². The van der Waals surface area contributed by atoms with Gasteiger partial charge in [0.05, 0.1) is 5.56 Å². The van der Waals surface area contributed by atoms with Crippen LogP contribution in [-0.2, 0) is 37.7 Å². The van der Waals surface area contributed by atoms with Gasteiger partial charge in [-0.25, -0.2) is 9.59 Å². The van der Waals surface area contributed by atoms with Crippen LogP contribution >= 0.6 is 12.4 Å². The Balaban J connectivity index is 0.00000455. The lowest BCUT2D eigenvalue weighted by Gasteiger charge is -2.41. The molecule has 0 unspecified atom stereocenters. The molecule has 0 spiro atoms. The SMILES string of the molecule is Cc1c(C(=O)O)cc(-c2cc3c(cc2C(=O)N2Cc4ccccc4C[C@H]2CN2CCCCC2)CN(C(=O)OCC2c4ccccc4-c4ccccc42)CC3)n1C.Cl. The topological polar surface area (TPSA) is 95.3 Å². The quantitative estimate of drug-likeness (QED) is 0.178. The molecule has 1 aromatic heterocycles. The maximum Gasteiger partial charge on any atom is 0.410 e. The van der Waals surface area contributed by atoms with E-state index in [9.17, 15) is 14.7 Å². The third-order valence-corrected chi connectivity index (χ3v) is 12.8. The number of aromatic nitrogens is 1. The molecule has 5 aromatic rings. The summed E-state index contributed by atoms with van der Waals surface area (Å²) in [6.45, 7) is 6.22. The van der Waals surface area contributed by atoms with Crippen LogP contribution in [0.3, 0.4) is 0 Å². The van der Waals surface area contributed by atoms with Crippen molar-refractivity contribution in [3.8, 4) is 22.4 Å². The van der Waals surface area contributed by atoms with Gasteiger partial charge in [-0.1, -0.05) is 79.2 Å². The van der Waals surface area contributed by atoms with Gasteiger partial charge in [-0.2, -0.15) is 0 Å². The number of aromatic carboxylic acids is 1. The summed E-state index contributed by atoms with van der Waals surface area (Å²) >= 11 is 0. The molecule has 1 fully saturated rings. The minimum absolute atomic E-state index is 0. The van der Waals surface area contributed by atoms with E-state index < -0.39 is 5.97 Å². The van der Waals surface area contributed by atoms with E-state index in [2.05, 4.69) is 53.4 Å². The number of benzene rings is 4. The Labute approximate surface area is 340 Å². The summed E-state index contributed by atoms with van der Waals surface area (Å²) in [5, 5.41) is 10.1. The molecule has 4 heterocycles. The van der Waals surface area contributed by atoms with Crippen LogP contribution in [0.25, 0.3) is 22.4 Å². The predicted octanol–water partition coefficient (Wildman–Crippen LogP) is 8.48. The third-order valence-electron chi connectivity index (χ3n) is 12.8. The molecule has 57 heavy (non-hydrogen) atoms. The summed E-state index contributed by atoms with van der Waals surface area (Å²) in [5.41, 5.74) is 11.9. The van der Waals surface area contributed by atoms with E-state index >= 15 is 4.79 Å². The van der Waals surface area contributed by atoms with Gasteiger partial charge >= 0.3 is 12.1 Å². The van der Waals surface area contributed by atoms with Gasteiger partial charge in [0.25, 0.3) is 5.91 Å². The van der Waals surface area contributed by atoms with Crippen LogP contribution in [0, 0.1) is 6.92 Å². The zero-order valence-corrected chi connectivity index (χ0v) is 33.4. The number of likely N-dealkylation sites (tertiary alicyclic amines) is 1. The smallest absolute Gasteiger partial charge is 0.410 e. The summed E-state index contributed by atoms with van der Waals surface area (Å²) < 4.78 is 7.96. The highest BCUT2D eigenvalue weighted by molar-refractivity contribution is 6.02. The molecule has 4 aliphatic rings. The molecule has 1 aliphatic carbocycles. The highest BCUT2D eigenvalue weighted by atomic mass is 35.5. The van der Waals surface area contributed by atoms with Crippen molar-refractivity contribution in [2.45, 2.75) is 64.1 Å².